The third-order valence-electron chi connectivity index (χ3n) is 16.0. The van der Waals surface area contributed by atoms with Crippen LogP contribution in [0.4, 0.5) is 0 Å². The Morgan fingerprint density at radius 3 is 2.41 bits per heavy atom. The molecule has 3 spiro atoms. The first-order valence-electron chi connectivity index (χ1n) is 19.5. The lowest BCUT2D eigenvalue weighted by molar-refractivity contribution is -0.285. The molecule has 0 bridgehead atoms. The van der Waals surface area contributed by atoms with Crippen LogP contribution < -0.4 is 0 Å². The minimum Gasteiger partial charge on any atom is -0.472 e. The van der Waals surface area contributed by atoms with Crippen molar-refractivity contribution in [1.82, 2.24) is 0 Å². The minimum atomic E-state index is -1.39. The number of cyclic esters (lactones) is 2. The van der Waals surface area contributed by atoms with Crippen molar-refractivity contribution in [3.8, 4) is 0 Å². The van der Waals surface area contributed by atoms with E-state index in [0.29, 0.717) is 31.6 Å². The van der Waals surface area contributed by atoms with E-state index in [1.807, 2.05) is 26.0 Å². The van der Waals surface area contributed by atoms with Gasteiger partial charge in [0.1, 0.15) is 24.4 Å². The molecule has 12 unspecified atom stereocenters. The second-order valence-electron chi connectivity index (χ2n) is 18.4. The van der Waals surface area contributed by atoms with Gasteiger partial charge in [0.2, 0.25) is 0 Å². The number of epoxide rings is 1. The molecule has 8 fully saturated rings. The van der Waals surface area contributed by atoms with E-state index in [2.05, 4.69) is 31.2 Å². The lowest BCUT2D eigenvalue weighted by Crippen LogP contribution is -2.80. The molecule has 272 valence electrons. The van der Waals surface area contributed by atoms with Gasteiger partial charge in [-0.15, -0.1) is 0 Å². The van der Waals surface area contributed by atoms with Crippen molar-refractivity contribution < 1.29 is 42.9 Å². The van der Waals surface area contributed by atoms with Crippen LogP contribution in [-0.4, -0.2) is 58.9 Å². The fourth-order valence-corrected chi connectivity index (χ4v) is 14.5. The summed E-state index contributed by atoms with van der Waals surface area (Å²) >= 11 is 0. The van der Waals surface area contributed by atoms with Gasteiger partial charge in [0.25, 0.3) is 0 Å². The molecule has 2 aromatic rings. The van der Waals surface area contributed by atoms with E-state index in [-0.39, 0.29) is 30.2 Å². The van der Waals surface area contributed by atoms with Crippen LogP contribution in [0.15, 0.2) is 53.3 Å². The molecular weight excluding hydrogens is 648 g/mol. The highest BCUT2D eigenvalue weighted by Gasteiger charge is 2.93. The zero-order chi connectivity index (χ0) is 35.2. The number of aliphatic hydroxyl groups is 1. The number of esters is 2. The zero-order valence-corrected chi connectivity index (χ0v) is 29.9. The Morgan fingerprint density at radius 2 is 1.67 bits per heavy atom. The van der Waals surface area contributed by atoms with E-state index < -0.39 is 69.2 Å². The summed E-state index contributed by atoms with van der Waals surface area (Å²) in [6, 6.07) is 12.4. The summed E-state index contributed by atoms with van der Waals surface area (Å²) in [5.74, 6) is -1.67. The van der Waals surface area contributed by atoms with Crippen molar-refractivity contribution in [3.63, 3.8) is 0 Å². The molecule has 51 heavy (non-hydrogen) atoms. The quantitative estimate of drug-likeness (QED) is 0.289. The number of hydrogen-bond acceptors (Lipinski definition) is 9. The number of ketones is 1. The van der Waals surface area contributed by atoms with Crippen molar-refractivity contribution in [3.05, 3.63) is 60.1 Å². The maximum absolute atomic E-state index is 15.5. The number of aliphatic hydroxyl groups excluding tert-OH is 1. The number of fused-ring (bicyclic) bond motifs is 2. The molecule has 5 heterocycles. The standard InChI is InChI=1S/C42H50O9/c1-37(2)30-29(43)31(44)41(27-13-9-12-25(21-27)20-24-10-5-4-6-11-24)28(40(30)23-48-36(46)39(35(40)51-37)16-7-8-17-39)14-18-38(3)32(26-15-19-47-22-26)49-34(45)33-42(38,41)50-33/h4-6,10-11,15,19,22,25,27-28,30-33,35,44H,7-9,12-14,16-18,20-21,23H2,1-3H3. The molecule has 4 saturated carbocycles. The third-order valence-corrected chi connectivity index (χ3v) is 16.0. The van der Waals surface area contributed by atoms with E-state index in [9.17, 15) is 14.7 Å². The number of benzene rings is 1. The molecule has 1 N–H and O–H groups in total. The van der Waals surface area contributed by atoms with Gasteiger partial charge in [-0.3, -0.25) is 9.59 Å². The fraction of sp³-hybridized carbons (Fsp3) is 0.690. The number of rotatable bonds is 4. The molecule has 9 heteroatoms. The molecule has 4 aliphatic heterocycles. The predicted octanol–water partition coefficient (Wildman–Crippen LogP) is 6.31. The fourth-order valence-electron chi connectivity index (χ4n) is 14.5. The van der Waals surface area contributed by atoms with Gasteiger partial charge >= 0.3 is 11.9 Å². The van der Waals surface area contributed by atoms with Crippen molar-refractivity contribution >= 4 is 17.7 Å². The van der Waals surface area contributed by atoms with Crippen molar-refractivity contribution in [2.45, 2.75) is 127 Å². The van der Waals surface area contributed by atoms with Gasteiger partial charge in [-0.25, -0.2) is 4.79 Å². The summed E-state index contributed by atoms with van der Waals surface area (Å²) in [7, 11) is 0. The molecule has 0 radical (unpaired) electrons. The van der Waals surface area contributed by atoms with Crippen LogP contribution in [0.2, 0.25) is 0 Å². The molecule has 10 rings (SSSR count). The highest BCUT2D eigenvalue weighted by molar-refractivity contribution is 5.92. The van der Waals surface area contributed by atoms with E-state index in [0.717, 1.165) is 50.5 Å². The van der Waals surface area contributed by atoms with Crippen LogP contribution in [0.5, 0.6) is 0 Å². The average molecular weight is 699 g/mol. The molecule has 1 aromatic heterocycles. The third kappa shape index (κ3) is 3.76. The lowest BCUT2D eigenvalue weighted by atomic mass is 9.32. The van der Waals surface area contributed by atoms with E-state index in [4.69, 9.17) is 23.4 Å². The number of carbonyl (C=O) groups excluding carboxylic acids is 3. The Balaban J connectivity index is 1.20. The SMILES string of the molecule is CC1(C)OC2C3(CCCC3)C(=O)OCC23C1C(=O)C(O)C1(C2CCCC(Cc4ccccc4)C2)C3CCC2(C)C(c3ccoc3)OC(=O)C3OC321. The zero-order valence-electron chi connectivity index (χ0n) is 29.9. The number of ether oxygens (including phenoxy) is 4. The number of Topliss-reactive ketones (excluding diaryl/α,β-unsaturated/α-hetero) is 1. The molecule has 1 aromatic carbocycles. The first kappa shape index (κ1) is 32.6. The second kappa shape index (κ2) is 10.6. The first-order valence-corrected chi connectivity index (χ1v) is 19.5. The molecule has 4 saturated heterocycles. The number of hydrogen-bond donors (Lipinski definition) is 1. The largest absolute Gasteiger partial charge is 0.472 e. The molecule has 4 aliphatic carbocycles. The van der Waals surface area contributed by atoms with Gasteiger partial charge in [0.15, 0.2) is 11.9 Å². The van der Waals surface area contributed by atoms with E-state index >= 15 is 4.79 Å². The highest BCUT2D eigenvalue weighted by atomic mass is 16.7. The Labute approximate surface area is 299 Å². The van der Waals surface area contributed by atoms with Gasteiger partial charge in [-0.2, -0.15) is 0 Å². The Hall–Kier alpha value is -3.01. The van der Waals surface area contributed by atoms with Gasteiger partial charge in [-0.1, -0.05) is 62.9 Å². The smallest absolute Gasteiger partial charge is 0.339 e. The molecule has 0 amide bonds. The molecular formula is C42H50O9. The molecule has 9 nitrogen and oxygen atoms in total. The summed E-state index contributed by atoms with van der Waals surface area (Å²) in [4.78, 5) is 43.6. The van der Waals surface area contributed by atoms with Crippen molar-refractivity contribution in [2.75, 3.05) is 6.61 Å². The highest BCUT2D eigenvalue weighted by Crippen LogP contribution is 2.83. The van der Waals surface area contributed by atoms with Crippen LogP contribution in [0.1, 0.15) is 102 Å². The van der Waals surface area contributed by atoms with Gasteiger partial charge in [0, 0.05) is 21.8 Å². The second-order valence-corrected chi connectivity index (χ2v) is 18.4. The van der Waals surface area contributed by atoms with Crippen LogP contribution in [-0.2, 0) is 39.8 Å². The maximum atomic E-state index is 15.5. The van der Waals surface area contributed by atoms with E-state index in [1.165, 1.54) is 5.56 Å². The average Bonchev–Trinajstić information content (AvgIpc) is 3.42. The number of furan rings is 1. The summed E-state index contributed by atoms with van der Waals surface area (Å²) in [6.07, 6.45) is 8.69. The number of carbonyl (C=O) groups is 3. The summed E-state index contributed by atoms with van der Waals surface area (Å²) in [5, 5.41) is 13.2. The Morgan fingerprint density at radius 1 is 0.882 bits per heavy atom. The van der Waals surface area contributed by atoms with Crippen molar-refractivity contribution in [2.24, 2.45) is 45.3 Å². The van der Waals surface area contributed by atoms with E-state index in [1.54, 1.807) is 12.5 Å². The predicted molar refractivity (Wildman–Crippen MR) is 182 cm³/mol. The minimum absolute atomic E-state index is 0.0739. The molecule has 12 atom stereocenters. The Kier molecular flexibility index (Phi) is 6.76. The van der Waals surface area contributed by atoms with Crippen LogP contribution in [0.3, 0.4) is 0 Å². The summed E-state index contributed by atoms with van der Waals surface area (Å²) < 4.78 is 32.2. The van der Waals surface area contributed by atoms with Crippen LogP contribution >= 0.6 is 0 Å². The van der Waals surface area contributed by atoms with Gasteiger partial charge in [-0.05, 0) is 88.2 Å². The normalized spacial score (nSPS) is 47.3. The van der Waals surface area contributed by atoms with Gasteiger partial charge < -0.3 is 28.5 Å². The van der Waals surface area contributed by atoms with Crippen LogP contribution in [0.25, 0.3) is 0 Å². The Bertz CT molecular complexity index is 1760. The van der Waals surface area contributed by atoms with Gasteiger partial charge in [0.05, 0.1) is 35.6 Å². The maximum Gasteiger partial charge on any atom is 0.339 e. The summed E-state index contributed by atoms with van der Waals surface area (Å²) in [5.41, 5.74) is -3.67. The lowest BCUT2D eigenvalue weighted by Gasteiger charge is -2.70. The topological polar surface area (TPSA) is 125 Å². The first-order chi connectivity index (χ1) is 24.5. The monoisotopic (exact) mass is 698 g/mol. The van der Waals surface area contributed by atoms with Crippen LogP contribution in [0, 0.1) is 45.3 Å². The summed E-state index contributed by atoms with van der Waals surface area (Å²) in [6.45, 7) is 6.15. The van der Waals surface area contributed by atoms with Crippen molar-refractivity contribution in [1.29, 1.82) is 0 Å². The molecule has 8 aliphatic rings.